The van der Waals surface area contributed by atoms with E-state index in [1.54, 1.807) is 7.05 Å². The molecule has 1 aliphatic carbocycles. The average Bonchev–Trinajstić information content (AvgIpc) is 3.45. The molecular weight excluding hydrogens is 385 g/mol. The maximum Gasteiger partial charge on any atom is 0.345 e. The summed E-state index contributed by atoms with van der Waals surface area (Å²) >= 11 is 5.75. The Morgan fingerprint density at radius 3 is 2.64 bits per heavy atom. The number of likely N-dealkylation sites (tertiary alicyclic amines) is 1. The summed E-state index contributed by atoms with van der Waals surface area (Å²) < 4.78 is 16.5. The maximum absolute atomic E-state index is 13.2. The van der Waals surface area contributed by atoms with Crippen LogP contribution in [0.3, 0.4) is 0 Å². The Bertz CT molecular complexity index is 944. The summed E-state index contributed by atoms with van der Waals surface area (Å²) in [6.07, 6.45) is 3.81. The van der Waals surface area contributed by atoms with Crippen molar-refractivity contribution in [3.05, 3.63) is 45.3 Å². The number of amides is 1. The van der Waals surface area contributed by atoms with E-state index in [0.29, 0.717) is 11.7 Å². The molecule has 0 spiro atoms. The lowest BCUT2D eigenvalue weighted by Crippen LogP contribution is -2.39. The zero-order valence-corrected chi connectivity index (χ0v) is 16.5. The molecule has 0 atom stereocenters. The van der Waals surface area contributed by atoms with Crippen molar-refractivity contribution < 1.29 is 9.18 Å². The summed E-state index contributed by atoms with van der Waals surface area (Å²) in [7, 11) is 1.70. The molecule has 1 aliphatic heterocycles. The third-order valence-corrected chi connectivity index (χ3v) is 5.71. The van der Waals surface area contributed by atoms with Gasteiger partial charge in [0.05, 0.1) is 11.6 Å². The van der Waals surface area contributed by atoms with Gasteiger partial charge in [-0.25, -0.2) is 13.9 Å². The molecule has 1 amide bonds. The standard InChI is InChI=1S/C19H23ClFN5O2/c1-24-19(28)26(14-3-4-14)18(23-24)12-6-8-25(9-7-12)11-17(27)22-13-2-5-16(21)15(20)10-13/h2,5,10,12,14H,3-4,6-9,11H2,1H3,(H,22,27). The Balaban J connectivity index is 1.33. The van der Waals surface area contributed by atoms with Gasteiger partial charge in [0, 0.05) is 24.7 Å². The molecule has 28 heavy (non-hydrogen) atoms. The minimum absolute atomic E-state index is 0.0179. The van der Waals surface area contributed by atoms with Crippen LogP contribution in [0.15, 0.2) is 23.0 Å². The number of carbonyl (C=O) groups excluding carboxylic acids is 1. The molecular formula is C19H23ClFN5O2. The molecule has 2 fully saturated rings. The fourth-order valence-corrected chi connectivity index (χ4v) is 3.96. The third kappa shape index (κ3) is 3.98. The van der Waals surface area contributed by atoms with Crippen LogP contribution in [0.5, 0.6) is 0 Å². The van der Waals surface area contributed by atoms with E-state index in [2.05, 4.69) is 15.3 Å². The number of piperidine rings is 1. The number of rotatable bonds is 5. The largest absolute Gasteiger partial charge is 0.345 e. The van der Waals surface area contributed by atoms with Crippen molar-refractivity contribution in [2.75, 3.05) is 25.0 Å². The number of aryl methyl sites for hydroxylation is 1. The molecule has 2 aliphatic rings. The zero-order valence-electron chi connectivity index (χ0n) is 15.7. The van der Waals surface area contributed by atoms with Crippen LogP contribution in [-0.4, -0.2) is 44.8 Å². The topological polar surface area (TPSA) is 72.2 Å². The van der Waals surface area contributed by atoms with Crippen LogP contribution in [0.1, 0.15) is 43.5 Å². The number of aromatic nitrogens is 3. The highest BCUT2D eigenvalue weighted by atomic mass is 35.5. The average molecular weight is 408 g/mol. The van der Waals surface area contributed by atoms with Gasteiger partial charge in [0.15, 0.2) is 0 Å². The lowest BCUT2D eigenvalue weighted by atomic mass is 9.96. The lowest BCUT2D eigenvalue weighted by Gasteiger charge is -2.31. The summed E-state index contributed by atoms with van der Waals surface area (Å²) in [5, 5.41) is 7.21. The molecule has 1 aromatic heterocycles. The number of nitrogens with zero attached hydrogens (tertiary/aromatic N) is 4. The van der Waals surface area contributed by atoms with Gasteiger partial charge < -0.3 is 5.32 Å². The Labute approximate surface area is 167 Å². The van der Waals surface area contributed by atoms with E-state index in [4.69, 9.17) is 11.6 Å². The second kappa shape index (κ2) is 7.67. The van der Waals surface area contributed by atoms with Gasteiger partial charge in [-0.15, -0.1) is 0 Å². The highest BCUT2D eigenvalue weighted by Gasteiger charge is 2.33. The Kier molecular flexibility index (Phi) is 5.25. The smallest absolute Gasteiger partial charge is 0.325 e. The van der Waals surface area contributed by atoms with Crippen LogP contribution >= 0.6 is 11.6 Å². The number of hydrogen-bond donors (Lipinski definition) is 1. The molecule has 2 aromatic rings. The third-order valence-electron chi connectivity index (χ3n) is 5.42. The molecule has 0 radical (unpaired) electrons. The Morgan fingerprint density at radius 1 is 1.29 bits per heavy atom. The Hall–Kier alpha value is -2.19. The van der Waals surface area contributed by atoms with Crippen molar-refractivity contribution in [3.8, 4) is 0 Å². The monoisotopic (exact) mass is 407 g/mol. The zero-order chi connectivity index (χ0) is 19.8. The summed E-state index contributed by atoms with van der Waals surface area (Å²) in [6, 6.07) is 4.43. The molecule has 1 saturated heterocycles. The normalized spacial score (nSPS) is 18.4. The number of nitrogens with one attached hydrogen (secondary N) is 1. The van der Waals surface area contributed by atoms with Gasteiger partial charge in [0.1, 0.15) is 11.6 Å². The number of benzene rings is 1. The second-order valence-corrected chi connectivity index (χ2v) is 8.00. The molecule has 9 heteroatoms. The van der Waals surface area contributed by atoms with Gasteiger partial charge in [-0.05, 0) is 57.0 Å². The molecule has 7 nitrogen and oxygen atoms in total. The van der Waals surface area contributed by atoms with Gasteiger partial charge in [-0.2, -0.15) is 5.10 Å². The van der Waals surface area contributed by atoms with Crippen LogP contribution in [0, 0.1) is 5.82 Å². The summed E-state index contributed by atoms with van der Waals surface area (Å²) in [5.74, 6) is 0.458. The predicted molar refractivity (Wildman–Crippen MR) is 104 cm³/mol. The van der Waals surface area contributed by atoms with Crippen LogP contribution in [0.4, 0.5) is 10.1 Å². The molecule has 2 heterocycles. The lowest BCUT2D eigenvalue weighted by molar-refractivity contribution is -0.117. The first-order chi connectivity index (χ1) is 13.4. The van der Waals surface area contributed by atoms with Gasteiger partial charge >= 0.3 is 5.69 Å². The number of carbonyl (C=O) groups is 1. The van der Waals surface area contributed by atoms with Crippen molar-refractivity contribution in [2.24, 2.45) is 7.05 Å². The molecule has 150 valence electrons. The van der Waals surface area contributed by atoms with Crippen molar-refractivity contribution >= 4 is 23.2 Å². The highest BCUT2D eigenvalue weighted by molar-refractivity contribution is 6.31. The molecule has 1 saturated carbocycles. The van der Waals surface area contributed by atoms with Crippen LogP contribution in [0.25, 0.3) is 0 Å². The summed E-state index contributed by atoms with van der Waals surface area (Å²) in [6.45, 7) is 1.79. The first-order valence-corrected chi connectivity index (χ1v) is 9.93. The number of hydrogen-bond acceptors (Lipinski definition) is 4. The van der Waals surface area contributed by atoms with Crippen LogP contribution in [0.2, 0.25) is 5.02 Å². The first kappa shape index (κ1) is 19.1. The van der Waals surface area contributed by atoms with Crippen molar-refractivity contribution in [1.29, 1.82) is 0 Å². The van der Waals surface area contributed by atoms with E-state index in [9.17, 15) is 14.0 Å². The van der Waals surface area contributed by atoms with E-state index < -0.39 is 5.82 Å². The number of anilines is 1. The SMILES string of the molecule is Cn1nc(C2CCN(CC(=O)Nc3ccc(F)c(Cl)c3)CC2)n(C2CC2)c1=O. The van der Waals surface area contributed by atoms with E-state index in [1.165, 1.54) is 22.9 Å². The van der Waals surface area contributed by atoms with E-state index in [-0.39, 0.29) is 29.1 Å². The minimum atomic E-state index is -0.513. The highest BCUT2D eigenvalue weighted by Crippen LogP contribution is 2.37. The minimum Gasteiger partial charge on any atom is -0.325 e. The van der Waals surface area contributed by atoms with Crippen LogP contribution < -0.4 is 11.0 Å². The molecule has 4 rings (SSSR count). The first-order valence-electron chi connectivity index (χ1n) is 9.55. The van der Waals surface area contributed by atoms with Crippen LogP contribution in [-0.2, 0) is 11.8 Å². The molecule has 1 N–H and O–H groups in total. The second-order valence-electron chi connectivity index (χ2n) is 7.59. The van der Waals surface area contributed by atoms with Crippen molar-refractivity contribution in [3.63, 3.8) is 0 Å². The van der Waals surface area contributed by atoms with E-state index >= 15 is 0 Å². The summed E-state index contributed by atoms with van der Waals surface area (Å²) in [4.78, 5) is 26.7. The molecule has 0 unspecified atom stereocenters. The van der Waals surface area contributed by atoms with E-state index in [1.807, 2.05) is 4.57 Å². The van der Waals surface area contributed by atoms with Gasteiger partial charge in [-0.1, -0.05) is 11.6 Å². The molecule has 0 bridgehead atoms. The fourth-order valence-electron chi connectivity index (χ4n) is 3.78. The van der Waals surface area contributed by atoms with Gasteiger partial charge in [0.2, 0.25) is 5.91 Å². The number of halogens is 2. The quantitative estimate of drug-likeness (QED) is 0.826. The summed E-state index contributed by atoms with van der Waals surface area (Å²) in [5.41, 5.74) is 0.450. The Morgan fingerprint density at radius 2 is 2.00 bits per heavy atom. The van der Waals surface area contributed by atoms with E-state index in [0.717, 1.165) is 44.6 Å². The maximum atomic E-state index is 13.2. The molecule has 1 aromatic carbocycles. The predicted octanol–water partition coefficient (Wildman–Crippen LogP) is 2.53. The van der Waals surface area contributed by atoms with Crippen molar-refractivity contribution in [2.45, 2.75) is 37.6 Å². The van der Waals surface area contributed by atoms with Gasteiger partial charge in [-0.3, -0.25) is 14.3 Å². The fraction of sp³-hybridized carbons (Fsp3) is 0.526. The van der Waals surface area contributed by atoms with Gasteiger partial charge in [0.25, 0.3) is 0 Å². The van der Waals surface area contributed by atoms with Crippen molar-refractivity contribution in [1.82, 2.24) is 19.2 Å².